The molecule has 1 aliphatic carbocycles. The lowest BCUT2D eigenvalue weighted by Gasteiger charge is -2.17. The lowest BCUT2D eigenvalue weighted by Crippen LogP contribution is -2.22. The number of benzene rings is 2. The molecule has 1 saturated carbocycles. The summed E-state index contributed by atoms with van der Waals surface area (Å²) in [6.45, 7) is 2.23. The van der Waals surface area contributed by atoms with Crippen LogP contribution in [0.5, 0.6) is 5.75 Å². The fraction of sp³-hybridized carbons (Fsp3) is 0.350. The van der Waals surface area contributed by atoms with Gasteiger partial charge in [-0.2, -0.15) is 0 Å². The minimum absolute atomic E-state index is 0.0745. The van der Waals surface area contributed by atoms with E-state index in [1.165, 1.54) is 18.4 Å². The van der Waals surface area contributed by atoms with Crippen molar-refractivity contribution in [2.24, 2.45) is 0 Å². The number of carbonyl (C=O) groups excluding carboxylic acids is 1. The molecule has 3 rings (SSSR count). The van der Waals surface area contributed by atoms with Gasteiger partial charge >= 0.3 is 0 Å². The Kier molecular flexibility index (Phi) is 5.36. The number of anilines is 2. The van der Waals surface area contributed by atoms with Gasteiger partial charge in [0.15, 0.2) is 0 Å². The van der Waals surface area contributed by atoms with Crippen molar-refractivity contribution in [3.05, 3.63) is 54.1 Å². The maximum absolute atomic E-state index is 12.1. The Morgan fingerprint density at radius 1 is 1.08 bits per heavy atom. The van der Waals surface area contributed by atoms with Crippen LogP contribution in [-0.4, -0.2) is 18.6 Å². The Labute approximate surface area is 143 Å². The van der Waals surface area contributed by atoms with E-state index in [2.05, 4.69) is 10.6 Å². The summed E-state index contributed by atoms with van der Waals surface area (Å²) in [5.41, 5.74) is 2.84. The third-order valence-electron chi connectivity index (χ3n) is 4.26. The van der Waals surface area contributed by atoms with Crippen molar-refractivity contribution in [3.8, 4) is 5.75 Å². The van der Waals surface area contributed by atoms with Crippen molar-refractivity contribution >= 4 is 17.3 Å². The van der Waals surface area contributed by atoms with Gasteiger partial charge in [-0.1, -0.05) is 29.8 Å². The SMILES string of the molecule is Cc1ccc(NC(=O)CNc2ccccc2OC2CCCC2)cc1. The number of rotatable bonds is 6. The van der Waals surface area contributed by atoms with E-state index in [1.54, 1.807) is 0 Å². The van der Waals surface area contributed by atoms with Crippen LogP contribution in [0, 0.1) is 6.92 Å². The number of ether oxygens (including phenoxy) is 1. The summed E-state index contributed by atoms with van der Waals surface area (Å²) < 4.78 is 6.08. The Morgan fingerprint density at radius 2 is 1.79 bits per heavy atom. The van der Waals surface area contributed by atoms with Crippen LogP contribution in [0.2, 0.25) is 0 Å². The van der Waals surface area contributed by atoms with Crippen molar-refractivity contribution in [3.63, 3.8) is 0 Å². The first kappa shape index (κ1) is 16.4. The van der Waals surface area contributed by atoms with Crippen molar-refractivity contribution in [1.82, 2.24) is 0 Å². The largest absolute Gasteiger partial charge is 0.488 e. The molecule has 1 amide bonds. The van der Waals surface area contributed by atoms with Crippen LogP contribution in [0.1, 0.15) is 31.2 Å². The van der Waals surface area contributed by atoms with E-state index in [4.69, 9.17) is 4.74 Å². The minimum Gasteiger partial charge on any atom is -0.488 e. The van der Waals surface area contributed by atoms with Gasteiger partial charge in [0.05, 0.1) is 18.3 Å². The zero-order valence-electron chi connectivity index (χ0n) is 14.0. The van der Waals surface area contributed by atoms with Crippen molar-refractivity contribution in [2.45, 2.75) is 38.7 Å². The Morgan fingerprint density at radius 3 is 2.54 bits per heavy atom. The summed E-state index contributed by atoms with van der Waals surface area (Å²) in [5, 5.41) is 6.07. The van der Waals surface area contributed by atoms with Crippen molar-refractivity contribution < 1.29 is 9.53 Å². The molecule has 0 atom stereocenters. The Hall–Kier alpha value is -2.49. The van der Waals surface area contributed by atoms with Crippen LogP contribution in [0.3, 0.4) is 0 Å². The Bertz CT molecular complexity index is 676. The first-order valence-corrected chi connectivity index (χ1v) is 8.57. The van der Waals surface area contributed by atoms with Gasteiger partial charge in [-0.3, -0.25) is 4.79 Å². The summed E-state index contributed by atoms with van der Waals surface area (Å²) in [7, 11) is 0. The van der Waals surface area contributed by atoms with Gasteiger partial charge in [0, 0.05) is 5.69 Å². The fourth-order valence-corrected chi connectivity index (χ4v) is 2.92. The van der Waals surface area contributed by atoms with Gasteiger partial charge in [0.1, 0.15) is 5.75 Å². The van der Waals surface area contributed by atoms with Gasteiger partial charge in [-0.05, 0) is 56.9 Å². The van der Waals surface area contributed by atoms with E-state index in [0.717, 1.165) is 30.0 Å². The van der Waals surface area contributed by atoms with Gasteiger partial charge < -0.3 is 15.4 Å². The molecule has 24 heavy (non-hydrogen) atoms. The molecule has 0 bridgehead atoms. The highest BCUT2D eigenvalue weighted by Gasteiger charge is 2.17. The summed E-state index contributed by atoms with van der Waals surface area (Å²) in [6, 6.07) is 15.6. The smallest absolute Gasteiger partial charge is 0.243 e. The number of hydrogen-bond donors (Lipinski definition) is 2. The summed E-state index contributed by atoms with van der Waals surface area (Å²) in [5.74, 6) is 0.752. The second-order valence-corrected chi connectivity index (χ2v) is 6.29. The number of nitrogens with one attached hydrogen (secondary N) is 2. The average Bonchev–Trinajstić information content (AvgIpc) is 3.09. The topological polar surface area (TPSA) is 50.4 Å². The number of amides is 1. The molecule has 2 aromatic carbocycles. The maximum atomic E-state index is 12.1. The standard InChI is InChI=1S/C20H24N2O2/c1-15-10-12-16(13-11-15)22-20(23)14-21-18-8-4-5-9-19(18)24-17-6-2-3-7-17/h4-5,8-13,17,21H,2-3,6-7,14H2,1H3,(H,22,23). The molecule has 0 radical (unpaired) electrons. The molecule has 0 saturated heterocycles. The third kappa shape index (κ3) is 4.51. The van der Waals surface area contributed by atoms with Gasteiger partial charge in [-0.15, -0.1) is 0 Å². The molecule has 1 aliphatic rings. The zero-order valence-corrected chi connectivity index (χ0v) is 14.0. The predicted molar refractivity (Wildman–Crippen MR) is 97.6 cm³/mol. The van der Waals surface area contributed by atoms with E-state index >= 15 is 0 Å². The van der Waals surface area contributed by atoms with Crippen LogP contribution in [0.4, 0.5) is 11.4 Å². The van der Waals surface area contributed by atoms with Gasteiger partial charge in [0.2, 0.25) is 5.91 Å². The van der Waals surface area contributed by atoms with Crippen LogP contribution in [0.25, 0.3) is 0 Å². The highest BCUT2D eigenvalue weighted by Crippen LogP contribution is 2.29. The van der Waals surface area contributed by atoms with Crippen LogP contribution >= 0.6 is 0 Å². The molecule has 4 nitrogen and oxygen atoms in total. The number of hydrogen-bond acceptors (Lipinski definition) is 3. The van der Waals surface area contributed by atoms with Crippen LogP contribution < -0.4 is 15.4 Å². The first-order chi connectivity index (χ1) is 11.7. The zero-order chi connectivity index (χ0) is 16.8. The highest BCUT2D eigenvalue weighted by atomic mass is 16.5. The van der Waals surface area contributed by atoms with E-state index in [1.807, 2.05) is 55.5 Å². The Balaban J connectivity index is 1.55. The molecular weight excluding hydrogens is 300 g/mol. The van der Waals surface area contributed by atoms with E-state index in [9.17, 15) is 4.79 Å². The van der Waals surface area contributed by atoms with Crippen molar-refractivity contribution in [1.29, 1.82) is 0 Å². The van der Waals surface area contributed by atoms with E-state index in [-0.39, 0.29) is 12.5 Å². The van der Waals surface area contributed by atoms with Gasteiger partial charge in [0.25, 0.3) is 0 Å². The molecule has 0 aliphatic heterocycles. The monoisotopic (exact) mass is 324 g/mol. The van der Waals surface area contributed by atoms with E-state index in [0.29, 0.717) is 6.10 Å². The third-order valence-corrected chi connectivity index (χ3v) is 4.26. The molecule has 1 fully saturated rings. The van der Waals surface area contributed by atoms with Gasteiger partial charge in [-0.25, -0.2) is 0 Å². The molecule has 4 heteroatoms. The number of carbonyl (C=O) groups is 1. The summed E-state index contributed by atoms with van der Waals surface area (Å²) >= 11 is 0. The first-order valence-electron chi connectivity index (χ1n) is 8.57. The quantitative estimate of drug-likeness (QED) is 0.829. The molecule has 126 valence electrons. The molecule has 0 unspecified atom stereocenters. The van der Waals surface area contributed by atoms with Crippen LogP contribution in [0.15, 0.2) is 48.5 Å². The molecule has 2 N–H and O–H groups in total. The molecule has 0 heterocycles. The lowest BCUT2D eigenvalue weighted by atomic mass is 10.2. The average molecular weight is 324 g/mol. The highest BCUT2D eigenvalue weighted by molar-refractivity contribution is 5.93. The van der Waals surface area contributed by atoms with Crippen LogP contribution in [-0.2, 0) is 4.79 Å². The van der Waals surface area contributed by atoms with E-state index < -0.39 is 0 Å². The molecule has 2 aromatic rings. The summed E-state index contributed by atoms with van der Waals surface area (Å²) in [4.78, 5) is 12.1. The molecule has 0 aromatic heterocycles. The second kappa shape index (κ2) is 7.86. The second-order valence-electron chi connectivity index (χ2n) is 6.29. The predicted octanol–water partition coefficient (Wildman–Crippen LogP) is 4.37. The van der Waals surface area contributed by atoms with Crippen molar-refractivity contribution in [2.75, 3.05) is 17.2 Å². The molecule has 0 spiro atoms. The normalized spacial score (nSPS) is 14.4. The number of para-hydroxylation sites is 2. The fourth-order valence-electron chi connectivity index (χ4n) is 2.92. The maximum Gasteiger partial charge on any atom is 0.243 e. The number of aryl methyl sites for hydroxylation is 1. The minimum atomic E-state index is -0.0745. The lowest BCUT2D eigenvalue weighted by molar-refractivity contribution is -0.114. The summed E-state index contributed by atoms with van der Waals surface area (Å²) in [6.07, 6.45) is 5.00. The molecular formula is C20H24N2O2.